The Kier molecular flexibility index (Phi) is 6.97. The van der Waals surface area contributed by atoms with Crippen molar-refractivity contribution in [1.82, 2.24) is 14.9 Å². The van der Waals surface area contributed by atoms with Gasteiger partial charge in [-0.05, 0) is 67.9 Å². The minimum atomic E-state index is -0.278. The van der Waals surface area contributed by atoms with E-state index in [-0.39, 0.29) is 11.9 Å². The van der Waals surface area contributed by atoms with E-state index in [0.717, 1.165) is 53.8 Å². The predicted molar refractivity (Wildman–Crippen MR) is 136 cm³/mol. The van der Waals surface area contributed by atoms with Gasteiger partial charge in [-0.15, -0.1) is 0 Å². The number of fused-ring (bicyclic) bond motifs is 1. The van der Waals surface area contributed by atoms with E-state index >= 15 is 0 Å². The molecule has 4 aromatic rings. The van der Waals surface area contributed by atoms with Crippen LogP contribution in [0.2, 0.25) is 5.02 Å². The third-order valence-electron chi connectivity index (χ3n) is 6.09. The molecule has 0 saturated carbocycles. The smallest absolute Gasteiger partial charge is 0.145 e. The van der Waals surface area contributed by atoms with Crippen molar-refractivity contribution in [1.29, 1.82) is 0 Å². The lowest BCUT2D eigenvalue weighted by Gasteiger charge is -2.29. The van der Waals surface area contributed by atoms with Gasteiger partial charge in [0, 0.05) is 18.8 Å². The molecule has 0 radical (unpaired) electrons. The van der Waals surface area contributed by atoms with Crippen molar-refractivity contribution < 1.29 is 13.9 Å². The molecular weight excluding hydrogens is 467 g/mol. The summed E-state index contributed by atoms with van der Waals surface area (Å²) in [7, 11) is 2.13. The summed E-state index contributed by atoms with van der Waals surface area (Å²) in [4.78, 5) is 11.2. The molecule has 2 heterocycles. The largest absolute Gasteiger partial charge is 0.489 e. The van der Waals surface area contributed by atoms with E-state index in [4.69, 9.17) is 21.1 Å². The van der Waals surface area contributed by atoms with Gasteiger partial charge in [-0.3, -0.25) is 0 Å². The Morgan fingerprint density at radius 2 is 1.83 bits per heavy atom. The maximum absolute atomic E-state index is 13.1. The molecule has 6 nitrogen and oxygen atoms in total. The summed E-state index contributed by atoms with van der Waals surface area (Å²) in [6.07, 6.45) is 3.67. The molecule has 1 aliphatic rings. The van der Waals surface area contributed by atoms with Gasteiger partial charge in [0.25, 0.3) is 0 Å². The van der Waals surface area contributed by atoms with Gasteiger partial charge in [0.1, 0.15) is 42.2 Å². The molecule has 0 unspecified atom stereocenters. The maximum Gasteiger partial charge on any atom is 0.145 e. The van der Waals surface area contributed by atoms with E-state index in [1.807, 2.05) is 24.3 Å². The molecule has 0 aliphatic carbocycles. The summed E-state index contributed by atoms with van der Waals surface area (Å²) in [5.41, 5.74) is 2.42. The number of nitrogens with one attached hydrogen (secondary N) is 1. The molecule has 1 saturated heterocycles. The number of likely N-dealkylation sites (tertiary alicyclic amines) is 1. The molecule has 0 spiro atoms. The fourth-order valence-electron chi connectivity index (χ4n) is 4.13. The van der Waals surface area contributed by atoms with Crippen LogP contribution in [0.1, 0.15) is 18.4 Å². The second kappa shape index (κ2) is 10.5. The predicted octanol–water partition coefficient (Wildman–Crippen LogP) is 6.22. The van der Waals surface area contributed by atoms with Gasteiger partial charge < -0.3 is 19.7 Å². The standard InChI is InChI=1S/C27H26ClFN4O2/c1-33-13-11-21(12-14-33)35-25-4-2-3-23-26(25)27(31-17-30-23)32-20-9-10-24(22(28)15-20)34-16-18-5-7-19(29)8-6-18/h2-10,15,17,21H,11-14,16H2,1H3,(H,30,31,32). The molecule has 0 amide bonds. The second-order valence-electron chi connectivity index (χ2n) is 8.68. The van der Waals surface area contributed by atoms with Crippen LogP contribution in [0.5, 0.6) is 11.5 Å². The van der Waals surface area contributed by atoms with Gasteiger partial charge >= 0.3 is 0 Å². The van der Waals surface area contributed by atoms with E-state index in [1.54, 1.807) is 24.3 Å². The number of halogens is 2. The molecular formula is C27H26ClFN4O2. The van der Waals surface area contributed by atoms with E-state index in [9.17, 15) is 4.39 Å². The Labute approximate surface area is 208 Å². The van der Waals surface area contributed by atoms with Gasteiger partial charge in [0.2, 0.25) is 0 Å². The van der Waals surface area contributed by atoms with Crippen LogP contribution in [0.15, 0.2) is 67.0 Å². The molecule has 1 aliphatic heterocycles. The van der Waals surface area contributed by atoms with Crippen LogP contribution < -0.4 is 14.8 Å². The maximum atomic E-state index is 13.1. The van der Waals surface area contributed by atoms with E-state index in [0.29, 0.717) is 23.2 Å². The number of ether oxygens (including phenoxy) is 2. The summed E-state index contributed by atoms with van der Waals surface area (Å²) >= 11 is 6.49. The molecule has 8 heteroatoms. The number of nitrogens with zero attached hydrogens (tertiary/aromatic N) is 3. The molecule has 1 fully saturated rings. The van der Waals surface area contributed by atoms with Crippen LogP contribution >= 0.6 is 11.6 Å². The zero-order valence-corrected chi connectivity index (χ0v) is 20.1. The molecule has 180 valence electrons. The highest BCUT2D eigenvalue weighted by Crippen LogP contribution is 2.35. The minimum absolute atomic E-state index is 0.164. The second-order valence-corrected chi connectivity index (χ2v) is 9.09. The first-order chi connectivity index (χ1) is 17.0. The van der Waals surface area contributed by atoms with Gasteiger partial charge in [0.15, 0.2) is 0 Å². The highest BCUT2D eigenvalue weighted by Gasteiger charge is 2.20. The first kappa shape index (κ1) is 23.3. The van der Waals surface area contributed by atoms with Crippen LogP contribution in [0.3, 0.4) is 0 Å². The lowest BCUT2D eigenvalue weighted by molar-refractivity contribution is 0.116. The van der Waals surface area contributed by atoms with Crippen molar-refractivity contribution in [3.05, 3.63) is 83.4 Å². The molecule has 5 rings (SSSR count). The lowest BCUT2D eigenvalue weighted by Crippen LogP contribution is -2.35. The van der Waals surface area contributed by atoms with Gasteiger partial charge in [-0.2, -0.15) is 0 Å². The zero-order chi connectivity index (χ0) is 24.2. The number of benzene rings is 3. The first-order valence-corrected chi connectivity index (χ1v) is 12.0. The number of aromatic nitrogens is 2. The Bertz CT molecular complexity index is 1310. The molecule has 1 aromatic heterocycles. The summed E-state index contributed by atoms with van der Waals surface area (Å²) in [5, 5.41) is 4.65. The number of rotatable bonds is 7. The third kappa shape index (κ3) is 5.63. The van der Waals surface area contributed by atoms with Crippen LogP contribution in [-0.2, 0) is 6.61 Å². The number of anilines is 2. The fourth-order valence-corrected chi connectivity index (χ4v) is 4.36. The summed E-state index contributed by atoms with van der Waals surface area (Å²) in [6.45, 7) is 2.33. The van der Waals surface area contributed by atoms with Crippen molar-refractivity contribution in [3.8, 4) is 11.5 Å². The van der Waals surface area contributed by atoms with Crippen LogP contribution in [-0.4, -0.2) is 41.1 Å². The Balaban J connectivity index is 1.34. The highest BCUT2D eigenvalue weighted by atomic mass is 35.5. The number of piperidine rings is 1. The number of hydrogen-bond donors (Lipinski definition) is 1. The van der Waals surface area contributed by atoms with Crippen molar-refractivity contribution in [2.75, 3.05) is 25.5 Å². The molecule has 3 aromatic carbocycles. The van der Waals surface area contributed by atoms with Crippen molar-refractivity contribution >= 4 is 34.0 Å². The van der Waals surface area contributed by atoms with Crippen molar-refractivity contribution in [2.24, 2.45) is 0 Å². The molecule has 1 N–H and O–H groups in total. The lowest BCUT2D eigenvalue weighted by atomic mass is 10.1. The quantitative estimate of drug-likeness (QED) is 0.330. The van der Waals surface area contributed by atoms with Crippen LogP contribution in [0, 0.1) is 5.82 Å². The minimum Gasteiger partial charge on any atom is -0.489 e. The van der Waals surface area contributed by atoms with Gasteiger partial charge in [-0.25, -0.2) is 14.4 Å². The van der Waals surface area contributed by atoms with Gasteiger partial charge in [-0.1, -0.05) is 29.8 Å². The Morgan fingerprint density at radius 3 is 2.60 bits per heavy atom. The Morgan fingerprint density at radius 1 is 1.03 bits per heavy atom. The summed E-state index contributed by atoms with van der Waals surface area (Å²) in [6, 6.07) is 17.5. The summed E-state index contributed by atoms with van der Waals surface area (Å²) < 4.78 is 25.3. The van der Waals surface area contributed by atoms with Crippen LogP contribution in [0.25, 0.3) is 10.9 Å². The number of hydrogen-bond acceptors (Lipinski definition) is 6. The van der Waals surface area contributed by atoms with E-state index in [1.165, 1.54) is 18.5 Å². The normalized spacial score (nSPS) is 14.7. The fraction of sp³-hybridized carbons (Fsp3) is 0.259. The van der Waals surface area contributed by atoms with E-state index in [2.05, 4.69) is 27.2 Å². The first-order valence-electron chi connectivity index (χ1n) is 11.6. The average molecular weight is 493 g/mol. The summed E-state index contributed by atoms with van der Waals surface area (Å²) in [5.74, 6) is 1.68. The Hall–Kier alpha value is -3.42. The molecule has 35 heavy (non-hydrogen) atoms. The zero-order valence-electron chi connectivity index (χ0n) is 19.4. The molecule has 0 atom stereocenters. The van der Waals surface area contributed by atoms with E-state index < -0.39 is 0 Å². The monoisotopic (exact) mass is 492 g/mol. The third-order valence-corrected chi connectivity index (χ3v) is 6.38. The van der Waals surface area contributed by atoms with Crippen LogP contribution in [0.4, 0.5) is 15.9 Å². The van der Waals surface area contributed by atoms with Crippen molar-refractivity contribution in [3.63, 3.8) is 0 Å². The average Bonchev–Trinajstić information content (AvgIpc) is 2.86. The topological polar surface area (TPSA) is 59.5 Å². The molecule has 0 bridgehead atoms. The SMILES string of the molecule is CN1CCC(Oc2cccc3ncnc(Nc4ccc(OCc5ccc(F)cc5)c(Cl)c4)c23)CC1. The highest BCUT2D eigenvalue weighted by molar-refractivity contribution is 6.32. The van der Waals surface area contributed by atoms with Crippen molar-refractivity contribution in [2.45, 2.75) is 25.6 Å². The van der Waals surface area contributed by atoms with Gasteiger partial charge in [0.05, 0.1) is 15.9 Å².